The van der Waals surface area contributed by atoms with Gasteiger partial charge in [-0.25, -0.2) is 0 Å². The normalized spacial score (nSPS) is 24.0. The molecule has 2 atom stereocenters. The third kappa shape index (κ3) is 5.00. The third-order valence-electron chi connectivity index (χ3n) is 5.92. The molecule has 0 radical (unpaired) electrons. The minimum Gasteiger partial charge on any atom is -0.381 e. The van der Waals surface area contributed by atoms with Crippen molar-refractivity contribution in [2.45, 2.75) is 57.4 Å². The average Bonchev–Trinajstić information content (AvgIpc) is 3.44. The van der Waals surface area contributed by atoms with Crippen molar-refractivity contribution in [3.63, 3.8) is 0 Å². The molecule has 1 saturated heterocycles. The van der Waals surface area contributed by atoms with Crippen molar-refractivity contribution < 1.29 is 4.74 Å². The van der Waals surface area contributed by atoms with Crippen molar-refractivity contribution in [1.82, 2.24) is 10.2 Å². The van der Waals surface area contributed by atoms with Gasteiger partial charge in [-0.05, 0) is 48.6 Å². The Morgan fingerprint density at radius 2 is 1.92 bits per heavy atom. The van der Waals surface area contributed by atoms with Crippen molar-refractivity contribution in [3.8, 4) is 0 Å². The van der Waals surface area contributed by atoms with Crippen LogP contribution in [0, 0.1) is 5.92 Å². The summed E-state index contributed by atoms with van der Waals surface area (Å²) in [6.45, 7) is 7.42. The fraction of sp³-hybridized carbons (Fsp3) is 0.682. The first-order chi connectivity index (χ1) is 12.6. The lowest BCUT2D eigenvalue weighted by Gasteiger charge is -2.27. The van der Waals surface area contributed by atoms with Gasteiger partial charge in [-0.15, -0.1) is 0 Å². The number of hydrogen-bond acceptors (Lipinski definition) is 2. The zero-order chi connectivity index (χ0) is 18.5. The Hall–Kier alpha value is -1.55. The lowest BCUT2D eigenvalue weighted by Crippen LogP contribution is -2.41. The SMILES string of the molecule is CN=C(NC1CC1c1ccc(C(C)C)cc1)N(C)CCC1CCOCC1. The Morgan fingerprint density at radius 1 is 1.23 bits per heavy atom. The fourth-order valence-corrected chi connectivity index (χ4v) is 3.88. The van der Waals surface area contributed by atoms with Crippen LogP contribution in [0.15, 0.2) is 29.3 Å². The van der Waals surface area contributed by atoms with Crippen LogP contribution in [-0.4, -0.2) is 50.8 Å². The van der Waals surface area contributed by atoms with Gasteiger partial charge in [-0.2, -0.15) is 0 Å². The summed E-state index contributed by atoms with van der Waals surface area (Å²) in [4.78, 5) is 6.79. The molecular formula is C22H35N3O. The summed E-state index contributed by atoms with van der Waals surface area (Å²) in [6, 6.07) is 9.69. The van der Waals surface area contributed by atoms with E-state index < -0.39 is 0 Å². The van der Waals surface area contributed by atoms with Gasteiger partial charge < -0.3 is 15.0 Å². The monoisotopic (exact) mass is 357 g/mol. The molecule has 0 spiro atoms. The lowest BCUT2D eigenvalue weighted by molar-refractivity contribution is 0.0625. The standard InChI is InChI=1S/C22H35N3O/c1-16(2)18-5-7-19(8-6-18)20-15-21(20)24-22(23-3)25(4)12-9-17-10-13-26-14-11-17/h5-8,16-17,20-21H,9-15H2,1-4H3,(H,23,24). The predicted octanol–water partition coefficient (Wildman–Crippen LogP) is 3.99. The summed E-state index contributed by atoms with van der Waals surface area (Å²) in [6.07, 6.45) is 4.84. The smallest absolute Gasteiger partial charge is 0.193 e. The predicted molar refractivity (Wildman–Crippen MR) is 109 cm³/mol. The van der Waals surface area contributed by atoms with E-state index in [-0.39, 0.29) is 0 Å². The molecule has 144 valence electrons. The van der Waals surface area contributed by atoms with Crippen LogP contribution in [0.2, 0.25) is 0 Å². The Bertz CT molecular complexity index is 590. The number of ether oxygens (including phenoxy) is 1. The van der Waals surface area contributed by atoms with E-state index in [1.807, 2.05) is 7.05 Å². The Balaban J connectivity index is 1.46. The molecule has 1 heterocycles. The van der Waals surface area contributed by atoms with Crippen LogP contribution in [0.1, 0.15) is 62.5 Å². The van der Waals surface area contributed by atoms with E-state index >= 15 is 0 Å². The zero-order valence-electron chi connectivity index (χ0n) is 16.9. The van der Waals surface area contributed by atoms with Gasteiger partial charge in [0.25, 0.3) is 0 Å². The maximum absolute atomic E-state index is 5.46. The van der Waals surface area contributed by atoms with Gasteiger partial charge in [0.2, 0.25) is 0 Å². The number of benzene rings is 1. The molecule has 1 aromatic carbocycles. The Kier molecular flexibility index (Phi) is 6.58. The number of rotatable bonds is 6. The quantitative estimate of drug-likeness (QED) is 0.618. The van der Waals surface area contributed by atoms with Crippen molar-refractivity contribution in [2.75, 3.05) is 33.9 Å². The molecule has 2 aliphatic rings. The molecule has 1 aliphatic carbocycles. The van der Waals surface area contributed by atoms with E-state index in [4.69, 9.17) is 4.74 Å². The van der Waals surface area contributed by atoms with Crippen LogP contribution in [0.4, 0.5) is 0 Å². The summed E-state index contributed by atoms with van der Waals surface area (Å²) in [5, 5.41) is 3.67. The van der Waals surface area contributed by atoms with E-state index in [2.05, 4.69) is 60.4 Å². The lowest BCUT2D eigenvalue weighted by atomic mass is 9.96. The molecule has 3 rings (SSSR count). The van der Waals surface area contributed by atoms with Crippen molar-refractivity contribution in [2.24, 2.45) is 10.9 Å². The van der Waals surface area contributed by atoms with Crippen LogP contribution in [-0.2, 0) is 4.74 Å². The molecule has 1 saturated carbocycles. The summed E-state index contributed by atoms with van der Waals surface area (Å²) in [5.41, 5.74) is 2.87. The van der Waals surface area contributed by atoms with Gasteiger partial charge in [0, 0.05) is 45.8 Å². The minimum absolute atomic E-state index is 0.518. The first-order valence-corrected chi connectivity index (χ1v) is 10.2. The first kappa shape index (κ1) is 19.2. The average molecular weight is 358 g/mol. The van der Waals surface area contributed by atoms with E-state index in [1.54, 1.807) is 0 Å². The van der Waals surface area contributed by atoms with Crippen LogP contribution in [0.5, 0.6) is 0 Å². The molecule has 2 unspecified atom stereocenters. The first-order valence-electron chi connectivity index (χ1n) is 10.2. The van der Waals surface area contributed by atoms with Crippen molar-refractivity contribution in [1.29, 1.82) is 0 Å². The second kappa shape index (κ2) is 8.90. The van der Waals surface area contributed by atoms with Crippen LogP contribution < -0.4 is 5.32 Å². The second-order valence-corrected chi connectivity index (χ2v) is 8.23. The van der Waals surface area contributed by atoms with Gasteiger partial charge in [0.1, 0.15) is 0 Å². The molecule has 1 aromatic rings. The Labute approximate surface area is 159 Å². The molecule has 0 amide bonds. The van der Waals surface area contributed by atoms with Gasteiger partial charge in [-0.3, -0.25) is 4.99 Å². The molecule has 4 heteroatoms. The molecular weight excluding hydrogens is 322 g/mol. The maximum atomic E-state index is 5.46. The summed E-state index contributed by atoms with van der Waals surface area (Å²) < 4.78 is 5.46. The summed E-state index contributed by atoms with van der Waals surface area (Å²) in [5.74, 6) is 3.05. The topological polar surface area (TPSA) is 36.9 Å². The largest absolute Gasteiger partial charge is 0.381 e. The number of nitrogens with zero attached hydrogens (tertiary/aromatic N) is 2. The van der Waals surface area contributed by atoms with Gasteiger partial charge in [0.15, 0.2) is 5.96 Å². The molecule has 0 aromatic heterocycles. The molecule has 4 nitrogen and oxygen atoms in total. The molecule has 2 fully saturated rings. The number of aliphatic imine (C=N–C) groups is 1. The number of hydrogen-bond donors (Lipinski definition) is 1. The molecule has 1 N–H and O–H groups in total. The van der Waals surface area contributed by atoms with Crippen molar-refractivity contribution >= 4 is 5.96 Å². The maximum Gasteiger partial charge on any atom is 0.193 e. The molecule has 0 bridgehead atoms. The molecule has 26 heavy (non-hydrogen) atoms. The highest BCUT2D eigenvalue weighted by Gasteiger charge is 2.39. The third-order valence-corrected chi connectivity index (χ3v) is 5.92. The highest BCUT2D eigenvalue weighted by atomic mass is 16.5. The highest BCUT2D eigenvalue weighted by molar-refractivity contribution is 5.80. The fourth-order valence-electron chi connectivity index (χ4n) is 3.88. The van der Waals surface area contributed by atoms with Crippen molar-refractivity contribution in [3.05, 3.63) is 35.4 Å². The van der Waals surface area contributed by atoms with Crippen LogP contribution >= 0.6 is 0 Å². The van der Waals surface area contributed by atoms with Gasteiger partial charge in [0.05, 0.1) is 0 Å². The number of guanidine groups is 1. The van der Waals surface area contributed by atoms with E-state index in [9.17, 15) is 0 Å². The summed E-state index contributed by atoms with van der Waals surface area (Å²) >= 11 is 0. The number of nitrogens with one attached hydrogen (secondary N) is 1. The van der Waals surface area contributed by atoms with Crippen LogP contribution in [0.3, 0.4) is 0 Å². The highest BCUT2D eigenvalue weighted by Crippen LogP contribution is 2.41. The van der Waals surface area contributed by atoms with E-state index in [0.29, 0.717) is 17.9 Å². The molecule has 1 aliphatic heterocycles. The van der Waals surface area contributed by atoms with E-state index in [1.165, 1.54) is 36.8 Å². The van der Waals surface area contributed by atoms with Crippen LogP contribution in [0.25, 0.3) is 0 Å². The van der Waals surface area contributed by atoms with Gasteiger partial charge in [-0.1, -0.05) is 38.1 Å². The van der Waals surface area contributed by atoms with E-state index in [0.717, 1.165) is 31.6 Å². The summed E-state index contributed by atoms with van der Waals surface area (Å²) in [7, 11) is 4.05. The minimum atomic E-state index is 0.518. The zero-order valence-corrected chi connectivity index (χ0v) is 16.9. The van der Waals surface area contributed by atoms with Gasteiger partial charge >= 0.3 is 0 Å². The second-order valence-electron chi connectivity index (χ2n) is 8.23. The Morgan fingerprint density at radius 3 is 2.54 bits per heavy atom.